The van der Waals surface area contributed by atoms with Crippen LogP contribution in [0.1, 0.15) is 15.9 Å². The molecule has 1 N–H and O–H groups in total. The summed E-state index contributed by atoms with van der Waals surface area (Å²) in [5, 5.41) is 3.24. The molecule has 1 atom stereocenters. The molecule has 0 spiro atoms. The number of carbonyl (C=O) groups excluding carboxylic acids is 2. The van der Waals surface area contributed by atoms with Crippen molar-refractivity contribution in [3.8, 4) is 11.5 Å². The lowest BCUT2D eigenvalue weighted by Gasteiger charge is -2.23. The fraction of sp³-hybridized carbons (Fsp3) is 0.263. The summed E-state index contributed by atoms with van der Waals surface area (Å²) in [5.41, 5.74) is 1.39. The summed E-state index contributed by atoms with van der Waals surface area (Å²) < 4.78 is 10.6. The Labute approximate surface area is 165 Å². The molecule has 140 valence electrons. The van der Waals surface area contributed by atoms with Gasteiger partial charge in [-0.05, 0) is 17.7 Å². The Morgan fingerprint density at radius 2 is 2.04 bits per heavy atom. The SMILES string of the molecule is O=C(NCc1ccccc1)[C@H]1CSCN1C(=O)c1cc(Cl)c2c(c1)OCO2. The predicted octanol–water partition coefficient (Wildman–Crippen LogP) is 2.90. The van der Waals surface area contributed by atoms with Crippen molar-refractivity contribution in [3.05, 3.63) is 58.6 Å². The average Bonchev–Trinajstić information content (AvgIpc) is 3.36. The summed E-state index contributed by atoms with van der Waals surface area (Å²) in [6.07, 6.45) is 0. The van der Waals surface area contributed by atoms with Crippen LogP contribution in [0.15, 0.2) is 42.5 Å². The van der Waals surface area contributed by atoms with E-state index in [2.05, 4.69) is 5.32 Å². The Morgan fingerprint density at radius 1 is 1.22 bits per heavy atom. The smallest absolute Gasteiger partial charge is 0.255 e. The molecule has 1 fully saturated rings. The fourth-order valence-electron chi connectivity index (χ4n) is 3.02. The molecule has 8 heteroatoms. The molecule has 2 aromatic carbocycles. The molecule has 0 radical (unpaired) electrons. The summed E-state index contributed by atoms with van der Waals surface area (Å²) >= 11 is 7.73. The third kappa shape index (κ3) is 3.70. The van der Waals surface area contributed by atoms with E-state index in [1.807, 2.05) is 30.3 Å². The molecule has 2 amide bonds. The van der Waals surface area contributed by atoms with E-state index in [1.165, 1.54) is 0 Å². The second kappa shape index (κ2) is 7.70. The van der Waals surface area contributed by atoms with Crippen LogP contribution in [-0.2, 0) is 11.3 Å². The number of ether oxygens (including phenoxy) is 2. The predicted molar refractivity (Wildman–Crippen MR) is 103 cm³/mol. The van der Waals surface area contributed by atoms with Crippen molar-refractivity contribution in [1.29, 1.82) is 0 Å². The molecule has 2 heterocycles. The van der Waals surface area contributed by atoms with Gasteiger partial charge in [0.15, 0.2) is 11.5 Å². The highest BCUT2D eigenvalue weighted by molar-refractivity contribution is 7.99. The zero-order valence-electron chi connectivity index (χ0n) is 14.3. The minimum absolute atomic E-state index is 0.0801. The average molecular weight is 405 g/mol. The van der Waals surface area contributed by atoms with E-state index >= 15 is 0 Å². The van der Waals surface area contributed by atoms with Gasteiger partial charge < -0.3 is 19.7 Å². The van der Waals surface area contributed by atoms with Gasteiger partial charge in [0.25, 0.3) is 5.91 Å². The van der Waals surface area contributed by atoms with E-state index in [9.17, 15) is 9.59 Å². The summed E-state index contributed by atoms with van der Waals surface area (Å²) in [6, 6.07) is 12.3. The van der Waals surface area contributed by atoms with Crippen molar-refractivity contribution in [1.82, 2.24) is 10.2 Å². The molecule has 2 aliphatic rings. The van der Waals surface area contributed by atoms with Gasteiger partial charge in [0.05, 0.1) is 10.9 Å². The summed E-state index contributed by atoms with van der Waals surface area (Å²) in [6.45, 7) is 0.509. The van der Waals surface area contributed by atoms with Crippen LogP contribution in [0.5, 0.6) is 11.5 Å². The van der Waals surface area contributed by atoms with E-state index in [0.717, 1.165) is 5.56 Å². The highest BCUT2D eigenvalue weighted by atomic mass is 35.5. The highest BCUT2D eigenvalue weighted by Crippen LogP contribution is 2.40. The van der Waals surface area contributed by atoms with E-state index < -0.39 is 6.04 Å². The molecule has 0 unspecified atom stereocenters. The molecular weight excluding hydrogens is 388 g/mol. The number of halogens is 1. The normalized spacial score (nSPS) is 17.8. The first-order valence-corrected chi connectivity index (χ1v) is 9.96. The number of amides is 2. The second-order valence-electron chi connectivity index (χ2n) is 6.19. The van der Waals surface area contributed by atoms with Gasteiger partial charge in [-0.25, -0.2) is 0 Å². The van der Waals surface area contributed by atoms with Gasteiger partial charge in [0.2, 0.25) is 12.7 Å². The number of hydrogen-bond donors (Lipinski definition) is 1. The molecule has 27 heavy (non-hydrogen) atoms. The zero-order chi connectivity index (χ0) is 18.8. The van der Waals surface area contributed by atoms with Gasteiger partial charge in [-0.15, -0.1) is 11.8 Å². The number of fused-ring (bicyclic) bond motifs is 1. The van der Waals surface area contributed by atoms with Gasteiger partial charge >= 0.3 is 0 Å². The van der Waals surface area contributed by atoms with Gasteiger partial charge in [-0.1, -0.05) is 41.9 Å². The summed E-state index contributed by atoms with van der Waals surface area (Å²) in [5.74, 6) is 1.49. The lowest BCUT2D eigenvalue weighted by atomic mass is 10.1. The monoisotopic (exact) mass is 404 g/mol. The molecule has 0 saturated carbocycles. The van der Waals surface area contributed by atoms with Crippen molar-refractivity contribution in [3.63, 3.8) is 0 Å². The van der Waals surface area contributed by atoms with Gasteiger partial charge in [-0.2, -0.15) is 0 Å². The van der Waals surface area contributed by atoms with Crippen LogP contribution in [0.4, 0.5) is 0 Å². The van der Waals surface area contributed by atoms with Crippen molar-refractivity contribution >= 4 is 35.2 Å². The van der Waals surface area contributed by atoms with E-state index in [1.54, 1.807) is 28.8 Å². The van der Waals surface area contributed by atoms with E-state index in [4.69, 9.17) is 21.1 Å². The lowest BCUT2D eigenvalue weighted by Crippen LogP contribution is -2.47. The van der Waals surface area contributed by atoms with Crippen LogP contribution >= 0.6 is 23.4 Å². The van der Waals surface area contributed by atoms with Crippen LogP contribution in [0.3, 0.4) is 0 Å². The van der Waals surface area contributed by atoms with Crippen LogP contribution in [0.25, 0.3) is 0 Å². The van der Waals surface area contributed by atoms with Crippen LogP contribution < -0.4 is 14.8 Å². The molecule has 2 aliphatic heterocycles. The molecule has 0 aromatic heterocycles. The van der Waals surface area contributed by atoms with E-state index in [0.29, 0.717) is 40.3 Å². The standard InChI is InChI=1S/C19H17ClN2O4S/c20-14-6-13(7-16-17(14)26-11-25-16)19(24)22-10-27-9-15(22)18(23)21-8-12-4-2-1-3-5-12/h1-7,15H,8-11H2,(H,21,23)/t15-/m1/s1. The quantitative estimate of drug-likeness (QED) is 0.848. The highest BCUT2D eigenvalue weighted by Gasteiger charge is 2.35. The number of hydrogen-bond acceptors (Lipinski definition) is 5. The van der Waals surface area contributed by atoms with E-state index in [-0.39, 0.29) is 18.6 Å². The molecule has 0 aliphatic carbocycles. The number of thioether (sulfide) groups is 1. The third-order valence-electron chi connectivity index (χ3n) is 4.43. The van der Waals surface area contributed by atoms with Crippen molar-refractivity contribution < 1.29 is 19.1 Å². The van der Waals surface area contributed by atoms with Crippen LogP contribution in [0, 0.1) is 0 Å². The van der Waals surface area contributed by atoms with Gasteiger partial charge in [-0.3, -0.25) is 9.59 Å². The Kier molecular flexibility index (Phi) is 5.13. The minimum Gasteiger partial charge on any atom is -0.454 e. The first-order chi connectivity index (χ1) is 13.1. The summed E-state index contributed by atoms with van der Waals surface area (Å²) in [7, 11) is 0. The Balaban J connectivity index is 1.47. The number of nitrogens with zero attached hydrogens (tertiary/aromatic N) is 1. The Hall–Kier alpha value is -2.38. The van der Waals surface area contributed by atoms with Crippen LogP contribution in [-0.4, -0.2) is 41.2 Å². The molecule has 1 saturated heterocycles. The third-order valence-corrected chi connectivity index (χ3v) is 5.72. The molecular formula is C19H17ClN2O4S. The number of benzene rings is 2. The number of carbonyl (C=O) groups is 2. The minimum atomic E-state index is -0.518. The summed E-state index contributed by atoms with van der Waals surface area (Å²) in [4.78, 5) is 27.2. The van der Waals surface area contributed by atoms with Crippen molar-refractivity contribution in [2.75, 3.05) is 18.4 Å². The Bertz CT molecular complexity index is 878. The molecule has 0 bridgehead atoms. The molecule has 4 rings (SSSR count). The first-order valence-electron chi connectivity index (χ1n) is 8.43. The largest absolute Gasteiger partial charge is 0.454 e. The maximum atomic E-state index is 13.0. The van der Waals surface area contributed by atoms with Crippen molar-refractivity contribution in [2.45, 2.75) is 12.6 Å². The second-order valence-corrected chi connectivity index (χ2v) is 7.59. The maximum Gasteiger partial charge on any atom is 0.255 e. The molecule has 6 nitrogen and oxygen atoms in total. The van der Waals surface area contributed by atoms with Crippen molar-refractivity contribution in [2.24, 2.45) is 0 Å². The lowest BCUT2D eigenvalue weighted by molar-refractivity contribution is -0.124. The van der Waals surface area contributed by atoms with Crippen LogP contribution in [0.2, 0.25) is 5.02 Å². The maximum absolute atomic E-state index is 13.0. The Morgan fingerprint density at radius 3 is 2.85 bits per heavy atom. The fourth-order valence-corrected chi connectivity index (χ4v) is 4.44. The number of nitrogens with one attached hydrogen (secondary N) is 1. The zero-order valence-corrected chi connectivity index (χ0v) is 15.9. The number of rotatable bonds is 4. The molecule has 2 aromatic rings. The first kappa shape index (κ1) is 18.0. The van der Waals surface area contributed by atoms with Gasteiger partial charge in [0, 0.05) is 17.9 Å². The van der Waals surface area contributed by atoms with Gasteiger partial charge in [0.1, 0.15) is 6.04 Å². The topological polar surface area (TPSA) is 67.9 Å².